The second kappa shape index (κ2) is 5.59. The van der Waals surface area contributed by atoms with Crippen LogP contribution in [-0.4, -0.2) is 11.7 Å². The van der Waals surface area contributed by atoms with E-state index in [1.807, 2.05) is 40.7 Å². The third-order valence-electron chi connectivity index (χ3n) is 1.64. The largest absolute Gasteiger partial charge is 0.444 e. The van der Waals surface area contributed by atoms with E-state index in [1.54, 1.807) is 0 Å². The van der Waals surface area contributed by atoms with Gasteiger partial charge in [-0.25, -0.2) is 4.79 Å². The smallest absolute Gasteiger partial charge is 0.412 e. The lowest BCUT2D eigenvalue weighted by Gasteiger charge is -2.20. The van der Waals surface area contributed by atoms with Crippen LogP contribution in [0.15, 0.2) is 23.9 Å². The van der Waals surface area contributed by atoms with Crippen LogP contribution in [0.25, 0.3) is 0 Å². The summed E-state index contributed by atoms with van der Waals surface area (Å²) in [6.45, 7) is 13.2. The third-order valence-corrected chi connectivity index (χ3v) is 1.64. The van der Waals surface area contributed by atoms with Crippen LogP contribution in [0.4, 0.5) is 4.79 Å². The Bertz CT molecular complexity index is 272. The lowest BCUT2D eigenvalue weighted by atomic mass is 10.2. The van der Waals surface area contributed by atoms with Crippen LogP contribution in [0, 0.1) is 0 Å². The van der Waals surface area contributed by atoms with E-state index in [9.17, 15) is 4.79 Å². The minimum absolute atomic E-state index is 0.462. The molecule has 0 radical (unpaired) electrons. The summed E-state index contributed by atoms with van der Waals surface area (Å²) in [5.41, 5.74) is 1.07. The number of rotatable bonds is 3. The number of hydrogen-bond donors (Lipinski definition) is 1. The summed E-state index contributed by atoms with van der Waals surface area (Å²) in [6, 6.07) is 0. The van der Waals surface area contributed by atoms with Gasteiger partial charge in [0.15, 0.2) is 0 Å². The number of carbonyl (C=O) groups is 1. The molecule has 0 aromatic rings. The van der Waals surface area contributed by atoms with E-state index in [0.29, 0.717) is 5.70 Å². The lowest BCUT2D eigenvalue weighted by Crippen LogP contribution is -2.32. The van der Waals surface area contributed by atoms with Crippen molar-refractivity contribution in [3.63, 3.8) is 0 Å². The fourth-order valence-electron chi connectivity index (χ4n) is 0.955. The molecule has 0 saturated heterocycles. The van der Waals surface area contributed by atoms with Crippen molar-refractivity contribution in [2.75, 3.05) is 0 Å². The number of allylic oxidation sites excluding steroid dienone is 2. The van der Waals surface area contributed by atoms with Gasteiger partial charge in [-0.2, -0.15) is 0 Å². The Labute approximate surface area is 92.2 Å². The van der Waals surface area contributed by atoms with Gasteiger partial charge in [-0.15, -0.1) is 0 Å². The molecule has 0 bridgehead atoms. The molecule has 0 saturated carbocycles. The quantitative estimate of drug-likeness (QED) is 0.727. The Kier molecular flexibility index (Phi) is 5.12. The molecule has 0 unspecified atom stereocenters. The molecule has 0 heterocycles. The first kappa shape index (κ1) is 13.8. The lowest BCUT2D eigenvalue weighted by molar-refractivity contribution is 0.0547. The van der Waals surface area contributed by atoms with E-state index in [4.69, 9.17) is 4.74 Å². The normalized spacial score (nSPS) is 12.2. The highest BCUT2D eigenvalue weighted by Gasteiger charge is 2.16. The van der Waals surface area contributed by atoms with Gasteiger partial charge in [-0.05, 0) is 39.7 Å². The summed E-state index contributed by atoms with van der Waals surface area (Å²) >= 11 is 0. The van der Waals surface area contributed by atoms with Crippen molar-refractivity contribution in [3.05, 3.63) is 23.9 Å². The van der Waals surface area contributed by atoms with Gasteiger partial charge in [0.1, 0.15) is 5.60 Å². The van der Waals surface area contributed by atoms with Crippen LogP contribution >= 0.6 is 0 Å². The van der Waals surface area contributed by atoms with Gasteiger partial charge in [0.2, 0.25) is 0 Å². The highest BCUT2D eigenvalue weighted by molar-refractivity contribution is 5.71. The number of carbonyl (C=O) groups excluding carboxylic acids is 1. The number of ether oxygens (including phenoxy) is 1. The highest BCUT2D eigenvalue weighted by atomic mass is 16.6. The molecule has 0 rings (SSSR count). The minimum Gasteiger partial charge on any atom is -0.444 e. The summed E-state index contributed by atoms with van der Waals surface area (Å²) in [6.07, 6.45) is 2.46. The number of nitrogens with one attached hydrogen (secondary N) is 1. The van der Waals surface area contributed by atoms with E-state index < -0.39 is 11.7 Å². The van der Waals surface area contributed by atoms with Crippen molar-refractivity contribution >= 4 is 6.09 Å². The van der Waals surface area contributed by atoms with E-state index >= 15 is 0 Å². The zero-order chi connectivity index (χ0) is 12.1. The first-order valence-electron chi connectivity index (χ1n) is 5.12. The molecular weight excluding hydrogens is 190 g/mol. The summed E-state index contributed by atoms with van der Waals surface area (Å²) < 4.78 is 5.10. The van der Waals surface area contributed by atoms with Gasteiger partial charge in [0.25, 0.3) is 0 Å². The van der Waals surface area contributed by atoms with Gasteiger partial charge in [-0.3, -0.25) is 5.32 Å². The molecule has 0 aromatic carbocycles. The van der Waals surface area contributed by atoms with Crippen molar-refractivity contribution in [1.29, 1.82) is 0 Å². The van der Waals surface area contributed by atoms with Crippen molar-refractivity contribution < 1.29 is 9.53 Å². The van der Waals surface area contributed by atoms with E-state index in [-0.39, 0.29) is 0 Å². The molecule has 0 aliphatic heterocycles. The number of alkyl carbamates (subject to hydrolysis) is 1. The summed E-state index contributed by atoms with van der Waals surface area (Å²) in [7, 11) is 0. The molecule has 0 atom stereocenters. The standard InChI is InChI=1S/C12H21NO2/c1-7-8-9(2)10(3)13-11(14)15-12(4,5)6/h8H,3,7H2,1-2,4-6H3,(H,13,14)/b9-8-. The summed E-state index contributed by atoms with van der Waals surface area (Å²) in [5.74, 6) is 0. The molecule has 15 heavy (non-hydrogen) atoms. The molecule has 1 amide bonds. The van der Waals surface area contributed by atoms with Crippen molar-refractivity contribution in [2.24, 2.45) is 0 Å². The Morgan fingerprint density at radius 1 is 1.47 bits per heavy atom. The van der Waals surface area contributed by atoms with Crippen molar-refractivity contribution in [3.8, 4) is 0 Å². The third kappa shape index (κ3) is 6.77. The summed E-state index contributed by atoms with van der Waals surface area (Å²) in [4.78, 5) is 11.4. The fraction of sp³-hybridized carbons (Fsp3) is 0.583. The highest BCUT2D eigenvalue weighted by Crippen LogP contribution is 2.09. The maximum Gasteiger partial charge on any atom is 0.412 e. The van der Waals surface area contributed by atoms with Crippen LogP contribution in [-0.2, 0) is 4.74 Å². The zero-order valence-electron chi connectivity index (χ0n) is 10.3. The zero-order valence-corrected chi connectivity index (χ0v) is 10.3. The second-order valence-corrected chi connectivity index (χ2v) is 4.40. The minimum atomic E-state index is -0.479. The predicted molar refractivity (Wildman–Crippen MR) is 62.6 cm³/mol. The second-order valence-electron chi connectivity index (χ2n) is 4.40. The van der Waals surface area contributed by atoms with Crippen molar-refractivity contribution in [1.82, 2.24) is 5.32 Å². The topological polar surface area (TPSA) is 38.3 Å². The van der Waals surface area contributed by atoms with Gasteiger partial charge in [-0.1, -0.05) is 19.6 Å². The summed E-state index contributed by atoms with van der Waals surface area (Å²) in [5, 5.41) is 2.60. The van der Waals surface area contributed by atoms with Crippen LogP contribution in [0.3, 0.4) is 0 Å². The molecule has 0 aliphatic carbocycles. The monoisotopic (exact) mass is 211 g/mol. The fourth-order valence-corrected chi connectivity index (χ4v) is 0.955. The average Bonchev–Trinajstić information content (AvgIpc) is 2.00. The molecule has 0 aliphatic rings. The molecule has 0 spiro atoms. The van der Waals surface area contributed by atoms with Gasteiger partial charge < -0.3 is 4.74 Å². The SMILES string of the molecule is C=C(NC(=O)OC(C)(C)C)/C(C)=C\CC. The Balaban J connectivity index is 4.20. The van der Waals surface area contributed by atoms with Gasteiger partial charge in [0, 0.05) is 5.70 Å². The van der Waals surface area contributed by atoms with E-state index in [0.717, 1.165) is 12.0 Å². The molecule has 0 aromatic heterocycles. The Morgan fingerprint density at radius 3 is 2.40 bits per heavy atom. The molecule has 86 valence electrons. The Hall–Kier alpha value is -1.25. The molecule has 3 nitrogen and oxygen atoms in total. The van der Waals surface area contributed by atoms with E-state index in [1.165, 1.54) is 0 Å². The first-order chi connectivity index (χ1) is 6.76. The Morgan fingerprint density at radius 2 is 2.00 bits per heavy atom. The first-order valence-corrected chi connectivity index (χ1v) is 5.12. The predicted octanol–water partition coefficient (Wildman–Crippen LogP) is 3.38. The maximum atomic E-state index is 11.4. The van der Waals surface area contributed by atoms with E-state index in [2.05, 4.69) is 11.9 Å². The molecule has 0 fully saturated rings. The molecule has 3 heteroatoms. The maximum absolute atomic E-state index is 11.4. The van der Waals surface area contributed by atoms with Crippen LogP contribution in [0.2, 0.25) is 0 Å². The molecular formula is C12H21NO2. The van der Waals surface area contributed by atoms with Crippen LogP contribution in [0.1, 0.15) is 41.0 Å². The van der Waals surface area contributed by atoms with Crippen molar-refractivity contribution in [2.45, 2.75) is 46.6 Å². The van der Waals surface area contributed by atoms with Gasteiger partial charge >= 0.3 is 6.09 Å². The van der Waals surface area contributed by atoms with Gasteiger partial charge in [0.05, 0.1) is 0 Å². The van der Waals surface area contributed by atoms with Crippen LogP contribution in [0.5, 0.6) is 0 Å². The average molecular weight is 211 g/mol. The number of hydrogen-bond acceptors (Lipinski definition) is 2. The number of amides is 1. The molecule has 1 N–H and O–H groups in total. The van der Waals surface area contributed by atoms with Crippen LogP contribution < -0.4 is 5.32 Å².